The summed E-state index contributed by atoms with van der Waals surface area (Å²) in [5.74, 6) is 0. The Morgan fingerprint density at radius 1 is 1.57 bits per heavy atom. The topological polar surface area (TPSA) is 12.0 Å². The van der Waals surface area contributed by atoms with E-state index in [2.05, 4.69) is 32.7 Å². The van der Waals surface area contributed by atoms with Gasteiger partial charge in [0.25, 0.3) is 0 Å². The van der Waals surface area contributed by atoms with Gasteiger partial charge in [-0.1, -0.05) is 0 Å². The van der Waals surface area contributed by atoms with Gasteiger partial charge in [-0.15, -0.1) is 11.3 Å². The fourth-order valence-electron chi connectivity index (χ4n) is 1.82. The van der Waals surface area contributed by atoms with Crippen LogP contribution in [0.3, 0.4) is 0 Å². The number of thiophene rings is 1. The Morgan fingerprint density at radius 2 is 2.43 bits per heavy atom. The minimum absolute atomic E-state index is 0.0795. The molecular formula is C10H13BrFNS. The van der Waals surface area contributed by atoms with Crippen LogP contribution in [-0.4, -0.2) is 12.2 Å². The molecule has 2 atom stereocenters. The molecule has 0 unspecified atom stereocenters. The summed E-state index contributed by atoms with van der Waals surface area (Å²) in [6.45, 7) is 0.793. The molecule has 14 heavy (non-hydrogen) atoms. The number of hydrogen-bond donors (Lipinski definition) is 1. The molecule has 0 amide bonds. The van der Waals surface area contributed by atoms with Crippen molar-refractivity contribution in [2.45, 2.75) is 38.0 Å². The first-order valence-corrected chi connectivity index (χ1v) is 6.53. The minimum atomic E-state index is -0.640. The van der Waals surface area contributed by atoms with E-state index in [0.717, 1.165) is 30.3 Å². The van der Waals surface area contributed by atoms with Gasteiger partial charge >= 0.3 is 0 Å². The molecule has 4 heteroatoms. The molecule has 1 saturated carbocycles. The van der Waals surface area contributed by atoms with E-state index in [9.17, 15) is 4.39 Å². The lowest BCUT2D eigenvalue weighted by atomic mass is 10.2. The van der Waals surface area contributed by atoms with Gasteiger partial charge < -0.3 is 5.32 Å². The van der Waals surface area contributed by atoms with Crippen LogP contribution in [0.25, 0.3) is 0 Å². The molecule has 1 aromatic heterocycles. The molecule has 1 aliphatic carbocycles. The lowest BCUT2D eigenvalue weighted by Crippen LogP contribution is -2.32. The zero-order valence-corrected chi connectivity index (χ0v) is 10.2. The van der Waals surface area contributed by atoms with Crippen molar-refractivity contribution in [1.29, 1.82) is 0 Å². The molecule has 0 radical (unpaired) electrons. The molecule has 0 aromatic carbocycles. The molecule has 1 aromatic rings. The maximum Gasteiger partial charge on any atom is 0.115 e. The first-order valence-electron chi connectivity index (χ1n) is 4.86. The number of alkyl halides is 1. The minimum Gasteiger partial charge on any atom is -0.306 e. The van der Waals surface area contributed by atoms with Crippen LogP contribution in [0, 0.1) is 0 Å². The number of nitrogens with one attached hydrogen (secondary N) is 1. The van der Waals surface area contributed by atoms with E-state index in [0.29, 0.717) is 0 Å². The molecular weight excluding hydrogens is 265 g/mol. The normalized spacial score (nSPS) is 27.0. The quantitative estimate of drug-likeness (QED) is 0.892. The predicted octanol–water partition coefficient (Wildman–Crippen LogP) is 3.49. The van der Waals surface area contributed by atoms with Crippen LogP contribution in [-0.2, 0) is 6.54 Å². The first-order chi connectivity index (χ1) is 6.75. The number of hydrogen-bond acceptors (Lipinski definition) is 2. The van der Waals surface area contributed by atoms with Crippen molar-refractivity contribution in [2.24, 2.45) is 0 Å². The van der Waals surface area contributed by atoms with Crippen LogP contribution < -0.4 is 5.32 Å². The average Bonchev–Trinajstić information content (AvgIpc) is 2.72. The molecule has 1 fully saturated rings. The monoisotopic (exact) mass is 277 g/mol. The van der Waals surface area contributed by atoms with Crippen LogP contribution >= 0.6 is 27.3 Å². The third kappa shape index (κ3) is 2.55. The fraction of sp³-hybridized carbons (Fsp3) is 0.600. The van der Waals surface area contributed by atoms with Crippen LogP contribution in [0.4, 0.5) is 4.39 Å². The fourth-order valence-corrected chi connectivity index (χ4v) is 3.22. The molecule has 78 valence electrons. The smallest absolute Gasteiger partial charge is 0.115 e. The molecule has 1 N–H and O–H groups in total. The summed E-state index contributed by atoms with van der Waals surface area (Å²) in [6.07, 6.45) is 2.09. The average molecular weight is 278 g/mol. The Bertz CT molecular complexity index is 302. The van der Waals surface area contributed by atoms with Crippen molar-refractivity contribution in [2.75, 3.05) is 0 Å². The highest BCUT2D eigenvalue weighted by Gasteiger charge is 2.26. The van der Waals surface area contributed by atoms with Crippen molar-refractivity contribution in [1.82, 2.24) is 5.32 Å². The summed E-state index contributed by atoms with van der Waals surface area (Å²) >= 11 is 5.11. The standard InChI is InChI=1S/C10H13BrFNS/c11-7-4-8(14-6-7)5-13-10-3-1-2-9(10)12/h4,6,9-10,13H,1-3,5H2/t9-,10+/m0/s1. The van der Waals surface area contributed by atoms with Crippen molar-refractivity contribution in [3.63, 3.8) is 0 Å². The predicted molar refractivity (Wildman–Crippen MR) is 61.4 cm³/mol. The van der Waals surface area contributed by atoms with Gasteiger partial charge in [0.1, 0.15) is 6.17 Å². The Labute approximate surface area is 95.8 Å². The zero-order valence-electron chi connectivity index (χ0n) is 7.80. The maximum absolute atomic E-state index is 13.2. The van der Waals surface area contributed by atoms with E-state index in [1.165, 1.54) is 4.88 Å². The molecule has 1 nitrogen and oxygen atoms in total. The van der Waals surface area contributed by atoms with Crippen LogP contribution in [0.15, 0.2) is 15.9 Å². The highest BCUT2D eigenvalue weighted by molar-refractivity contribution is 9.10. The van der Waals surface area contributed by atoms with Crippen molar-refractivity contribution in [3.8, 4) is 0 Å². The van der Waals surface area contributed by atoms with Gasteiger partial charge in [-0.3, -0.25) is 0 Å². The van der Waals surface area contributed by atoms with Crippen molar-refractivity contribution >= 4 is 27.3 Å². The molecule has 1 heterocycles. The second-order valence-electron chi connectivity index (χ2n) is 3.67. The number of halogens is 2. The van der Waals surface area contributed by atoms with Crippen LogP contribution in [0.5, 0.6) is 0 Å². The highest BCUT2D eigenvalue weighted by atomic mass is 79.9. The van der Waals surface area contributed by atoms with Crippen LogP contribution in [0.2, 0.25) is 0 Å². The van der Waals surface area contributed by atoms with Gasteiger partial charge in [0.05, 0.1) is 0 Å². The van der Waals surface area contributed by atoms with Gasteiger partial charge in [-0.2, -0.15) is 0 Å². The van der Waals surface area contributed by atoms with E-state index in [1.54, 1.807) is 11.3 Å². The summed E-state index contributed by atoms with van der Waals surface area (Å²) in [6, 6.07) is 2.16. The molecule has 0 bridgehead atoms. The Balaban J connectivity index is 1.82. The van der Waals surface area contributed by atoms with Gasteiger partial charge in [0.2, 0.25) is 0 Å². The lowest BCUT2D eigenvalue weighted by Gasteiger charge is -2.13. The molecule has 0 aliphatic heterocycles. The first kappa shape index (κ1) is 10.6. The maximum atomic E-state index is 13.2. The van der Waals surface area contributed by atoms with Crippen molar-refractivity contribution < 1.29 is 4.39 Å². The van der Waals surface area contributed by atoms with Gasteiger partial charge in [-0.05, 0) is 41.3 Å². The molecule has 2 rings (SSSR count). The van der Waals surface area contributed by atoms with E-state index in [4.69, 9.17) is 0 Å². The Hall–Kier alpha value is 0.0700. The second-order valence-corrected chi connectivity index (χ2v) is 5.58. The third-order valence-corrected chi connectivity index (χ3v) is 4.29. The summed E-state index contributed by atoms with van der Waals surface area (Å²) < 4.78 is 14.3. The number of rotatable bonds is 3. The Kier molecular flexibility index (Phi) is 3.57. The molecule has 0 spiro atoms. The van der Waals surface area contributed by atoms with E-state index in [1.807, 2.05) is 0 Å². The zero-order chi connectivity index (χ0) is 9.97. The van der Waals surface area contributed by atoms with Crippen LogP contribution in [0.1, 0.15) is 24.1 Å². The van der Waals surface area contributed by atoms with E-state index >= 15 is 0 Å². The third-order valence-electron chi connectivity index (χ3n) is 2.59. The Morgan fingerprint density at radius 3 is 3.00 bits per heavy atom. The summed E-state index contributed by atoms with van der Waals surface area (Å²) in [5, 5.41) is 5.33. The molecule has 0 saturated heterocycles. The summed E-state index contributed by atoms with van der Waals surface area (Å²) in [4.78, 5) is 1.26. The summed E-state index contributed by atoms with van der Waals surface area (Å²) in [7, 11) is 0. The lowest BCUT2D eigenvalue weighted by molar-refractivity contribution is 0.279. The van der Waals surface area contributed by atoms with E-state index < -0.39 is 6.17 Å². The largest absolute Gasteiger partial charge is 0.306 e. The van der Waals surface area contributed by atoms with Gasteiger partial charge in [0.15, 0.2) is 0 Å². The highest BCUT2D eigenvalue weighted by Crippen LogP contribution is 2.24. The van der Waals surface area contributed by atoms with E-state index in [-0.39, 0.29) is 6.04 Å². The SMILES string of the molecule is F[C@H]1CCC[C@H]1NCc1cc(Br)cs1. The second kappa shape index (κ2) is 4.73. The van der Waals surface area contributed by atoms with Gasteiger partial charge in [0, 0.05) is 27.3 Å². The van der Waals surface area contributed by atoms with Gasteiger partial charge in [-0.25, -0.2) is 4.39 Å². The van der Waals surface area contributed by atoms with Crippen molar-refractivity contribution in [3.05, 3.63) is 20.8 Å². The molecule has 1 aliphatic rings. The summed E-state index contributed by atoms with van der Waals surface area (Å²) in [5.41, 5.74) is 0.